The van der Waals surface area contributed by atoms with Gasteiger partial charge < -0.3 is 20.3 Å². The maximum atomic E-state index is 11.9. The van der Waals surface area contributed by atoms with Gasteiger partial charge in [-0.1, -0.05) is 11.6 Å². The molecular weight excluding hydrogens is 370 g/mol. The second-order valence-corrected chi connectivity index (χ2v) is 6.69. The second kappa shape index (κ2) is 9.99. The predicted octanol–water partition coefficient (Wildman–Crippen LogP) is 4.08. The lowest BCUT2D eigenvalue weighted by Crippen LogP contribution is -2.34. The third kappa shape index (κ3) is 6.90. The molecule has 0 bridgehead atoms. The smallest absolute Gasteiger partial charge is 0.226 e. The van der Waals surface area contributed by atoms with Gasteiger partial charge >= 0.3 is 0 Å². The van der Waals surface area contributed by atoms with Gasteiger partial charge in [0.25, 0.3) is 0 Å². The van der Waals surface area contributed by atoms with Crippen molar-refractivity contribution in [3.8, 4) is 5.75 Å². The topological polar surface area (TPSA) is 53.6 Å². The van der Waals surface area contributed by atoms with Crippen LogP contribution in [0.5, 0.6) is 5.75 Å². The summed E-state index contributed by atoms with van der Waals surface area (Å²) in [4.78, 5) is 13.9. The highest BCUT2D eigenvalue weighted by Gasteiger charge is 2.05. The van der Waals surface area contributed by atoms with Gasteiger partial charge in [-0.15, -0.1) is 0 Å². The van der Waals surface area contributed by atoms with Crippen molar-refractivity contribution in [3.05, 3.63) is 53.6 Å². The first-order valence-electron chi connectivity index (χ1n) is 8.20. The van der Waals surface area contributed by atoms with E-state index in [9.17, 15) is 4.79 Å². The highest BCUT2D eigenvalue weighted by Crippen LogP contribution is 2.16. The van der Waals surface area contributed by atoms with Crippen LogP contribution in [0.2, 0.25) is 5.02 Å². The van der Waals surface area contributed by atoms with Crippen molar-refractivity contribution in [1.29, 1.82) is 0 Å². The molecule has 0 heterocycles. The van der Waals surface area contributed by atoms with E-state index in [1.165, 1.54) is 0 Å². The number of carbonyl (C=O) groups excluding carboxylic acids is 1. The minimum atomic E-state index is -0.146. The minimum absolute atomic E-state index is 0.146. The molecule has 26 heavy (non-hydrogen) atoms. The number of hydrogen-bond acceptors (Lipinski definition) is 4. The molecule has 0 spiro atoms. The zero-order chi connectivity index (χ0) is 18.9. The monoisotopic (exact) mass is 391 g/mol. The average Bonchev–Trinajstić information content (AvgIpc) is 2.60. The van der Waals surface area contributed by atoms with Gasteiger partial charge in [-0.3, -0.25) is 4.79 Å². The van der Waals surface area contributed by atoms with Crippen LogP contribution in [0.1, 0.15) is 12.8 Å². The molecule has 0 atom stereocenters. The quantitative estimate of drug-likeness (QED) is 0.550. The Hall–Kier alpha value is -2.31. The number of thiocarbonyl (C=S) groups is 1. The molecule has 138 valence electrons. The zero-order valence-electron chi connectivity index (χ0n) is 14.8. The summed E-state index contributed by atoms with van der Waals surface area (Å²) in [5, 5.41) is 6.61. The molecule has 0 saturated heterocycles. The molecule has 0 unspecified atom stereocenters. The first-order valence-corrected chi connectivity index (χ1v) is 8.99. The molecule has 0 saturated carbocycles. The Kier molecular flexibility index (Phi) is 7.69. The number of benzene rings is 2. The van der Waals surface area contributed by atoms with Gasteiger partial charge in [-0.25, -0.2) is 0 Å². The van der Waals surface area contributed by atoms with E-state index in [0.29, 0.717) is 24.5 Å². The third-order valence-electron chi connectivity index (χ3n) is 3.53. The molecule has 0 aliphatic heterocycles. The van der Waals surface area contributed by atoms with E-state index in [-0.39, 0.29) is 11.0 Å². The number of carbonyl (C=O) groups is 1. The summed E-state index contributed by atoms with van der Waals surface area (Å²) >= 11 is 11.0. The van der Waals surface area contributed by atoms with Gasteiger partial charge in [-0.2, -0.15) is 0 Å². The van der Waals surface area contributed by atoms with E-state index in [2.05, 4.69) is 10.6 Å². The number of amides is 1. The van der Waals surface area contributed by atoms with E-state index in [0.717, 1.165) is 17.1 Å². The normalized spacial score (nSPS) is 10.1. The number of anilines is 2. The molecule has 1 amide bonds. The summed E-state index contributed by atoms with van der Waals surface area (Å²) in [6, 6.07) is 14.9. The van der Waals surface area contributed by atoms with E-state index in [4.69, 9.17) is 28.6 Å². The second-order valence-electron chi connectivity index (χ2n) is 5.85. The van der Waals surface area contributed by atoms with E-state index >= 15 is 0 Å². The van der Waals surface area contributed by atoms with Crippen LogP contribution in [0.25, 0.3) is 0 Å². The summed E-state index contributed by atoms with van der Waals surface area (Å²) in [5.74, 6) is 0.584. The van der Waals surface area contributed by atoms with Crippen LogP contribution in [0, 0.1) is 0 Å². The number of rotatable bonds is 7. The molecule has 0 radical (unpaired) electrons. The van der Waals surface area contributed by atoms with E-state index < -0.39 is 0 Å². The fraction of sp³-hybridized carbons (Fsp3) is 0.263. The van der Waals surface area contributed by atoms with Crippen molar-refractivity contribution in [2.24, 2.45) is 0 Å². The molecule has 2 rings (SSSR count). The molecule has 0 aliphatic rings. The van der Waals surface area contributed by atoms with Crippen molar-refractivity contribution in [1.82, 2.24) is 5.32 Å². The zero-order valence-corrected chi connectivity index (χ0v) is 16.4. The van der Waals surface area contributed by atoms with Crippen molar-refractivity contribution in [3.63, 3.8) is 0 Å². The molecule has 2 aromatic rings. The van der Waals surface area contributed by atoms with Crippen LogP contribution in [-0.4, -0.2) is 31.7 Å². The number of nitrogens with zero attached hydrogens (tertiary/aromatic N) is 1. The molecule has 0 fully saturated rings. The molecule has 7 heteroatoms. The largest absolute Gasteiger partial charge is 0.494 e. The Labute approximate surface area is 164 Å². The van der Waals surface area contributed by atoms with Crippen LogP contribution in [-0.2, 0) is 4.79 Å². The Balaban J connectivity index is 1.66. The lowest BCUT2D eigenvalue weighted by molar-refractivity contribution is -0.119. The van der Waals surface area contributed by atoms with Crippen LogP contribution in [0.3, 0.4) is 0 Å². The fourth-order valence-electron chi connectivity index (χ4n) is 2.15. The van der Waals surface area contributed by atoms with Crippen molar-refractivity contribution in [2.75, 3.05) is 30.9 Å². The van der Waals surface area contributed by atoms with Crippen molar-refractivity contribution < 1.29 is 9.53 Å². The number of nitrogens with one attached hydrogen (secondary N) is 2. The summed E-state index contributed by atoms with van der Waals surface area (Å²) in [6.45, 7) is 0.446. The van der Waals surface area contributed by atoms with Crippen molar-refractivity contribution >= 4 is 46.2 Å². The Morgan fingerprint density at radius 3 is 2.38 bits per heavy atom. The maximum absolute atomic E-state index is 11.9. The molecule has 0 aliphatic carbocycles. The van der Waals surface area contributed by atoms with Gasteiger partial charge in [0.05, 0.1) is 6.61 Å². The van der Waals surface area contributed by atoms with Gasteiger partial charge in [-0.05, 0) is 67.2 Å². The number of hydrogen-bond donors (Lipinski definition) is 2. The fourth-order valence-corrected chi connectivity index (χ4v) is 2.51. The molecule has 0 aromatic heterocycles. The highest BCUT2D eigenvalue weighted by molar-refractivity contribution is 7.80. The van der Waals surface area contributed by atoms with Crippen LogP contribution >= 0.6 is 23.8 Å². The lowest BCUT2D eigenvalue weighted by Gasteiger charge is -2.14. The van der Waals surface area contributed by atoms with Gasteiger partial charge in [0, 0.05) is 36.9 Å². The predicted molar refractivity (Wildman–Crippen MR) is 111 cm³/mol. The molecule has 5 nitrogen and oxygen atoms in total. The van der Waals surface area contributed by atoms with Gasteiger partial charge in [0.2, 0.25) is 5.91 Å². The Morgan fingerprint density at radius 1 is 1.12 bits per heavy atom. The maximum Gasteiger partial charge on any atom is 0.226 e. The molecule has 2 aromatic carbocycles. The van der Waals surface area contributed by atoms with E-state index in [1.807, 2.05) is 43.3 Å². The lowest BCUT2D eigenvalue weighted by atomic mass is 10.2. The first-order chi connectivity index (χ1) is 12.4. The first kappa shape index (κ1) is 20.0. The Bertz CT molecular complexity index is 733. The molecule has 2 N–H and O–H groups in total. The number of halogens is 1. The summed E-state index contributed by atoms with van der Waals surface area (Å²) in [6.07, 6.45) is 0.920. The summed E-state index contributed by atoms with van der Waals surface area (Å²) < 4.78 is 5.55. The van der Waals surface area contributed by atoms with Crippen molar-refractivity contribution in [2.45, 2.75) is 12.8 Å². The molecular formula is C19H22ClN3O2S. The third-order valence-corrected chi connectivity index (χ3v) is 3.98. The standard InChI is InChI=1S/C19H22ClN3O2S/c1-23(2)16-9-7-15(8-10-16)21-19(26)22-18(24)4-3-13-25-17-11-5-14(20)6-12-17/h5-12H,3-4,13H2,1-2H3,(H2,21,22,24,26). The SMILES string of the molecule is CN(C)c1ccc(NC(=S)NC(=O)CCCOc2ccc(Cl)cc2)cc1. The summed E-state index contributed by atoms with van der Waals surface area (Å²) in [5.41, 5.74) is 1.91. The van der Waals surface area contributed by atoms with Crippen LogP contribution < -0.4 is 20.3 Å². The minimum Gasteiger partial charge on any atom is -0.494 e. The van der Waals surface area contributed by atoms with Gasteiger partial charge in [0.1, 0.15) is 5.75 Å². The van der Waals surface area contributed by atoms with Crippen LogP contribution in [0.15, 0.2) is 48.5 Å². The van der Waals surface area contributed by atoms with Crippen LogP contribution in [0.4, 0.5) is 11.4 Å². The number of ether oxygens (including phenoxy) is 1. The average molecular weight is 392 g/mol. The summed E-state index contributed by atoms with van der Waals surface area (Å²) in [7, 11) is 3.95. The Morgan fingerprint density at radius 2 is 1.77 bits per heavy atom. The highest BCUT2D eigenvalue weighted by atomic mass is 35.5. The van der Waals surface area contributed by atoms with Gasteiger partial charge in [0.15, 0.2) is 5.11 Å². The van der Waals surface area contributed by atoms with E-state index in [1.54, 1.807) is 24.3 Å².